The number of amides is 1. The molecule has 0 bridgehead atoms. The van der Waals surface area contributed by atoms with Crippen LogP contribution in [0.2, 0.25) is 0 Å². The van der Waals surface area contributed by atoms with Crippen molar-refractivity contribution in [1.29, 1.82) is 0 Å². The Morgan fingerprint density at radius 2 is 1.80 bits per heavy atom. The quantitative estimate of drug-likeness (QED) is 0.815. The molecule has 6 nitrogen and oxygen atoms in total. The highest BCUT2D eigenvalue weighted by Gasteiger charge is 2.33. The van der Waals surface area contributed by atoms with Crippen molar-refractivity contribution in [1.82, 2.24) is 0 Å². The lowest BCUT2D eigenvalue weighted by Gasteiger charge is -2.19. The molecular weight excluding hydrogens is 322 g/mol. The number of hydrogen-bond acceptors (Lipinski definition) is 5. The van der Waals surface area contributed by atoms with Gasteiger partial charge in [-0.2, -0.15) is 0 Å². The first kappa shape index (κ1) is 16.8. The molecule has 1 atom stereocenters. The molecule has 0 saturated heterocycles. The minimum Gasteiger partial charge on any atom is -0.493 e. The highest BCUT2D eigenvalue weighted by Crippen LogP contribution is 2.41. The van der Waals surface area contributed by atoms with Crippen molar-refractivity contribution in [2.45, 2.75) is 18.9 Å². The highest BCUT2D eigenvalue weighted by molar-refractivity contribution is 5.94. The SMILES string of the molecule is COc1cc(CCC(N)=O)c(C2OC(=O)c3ccccc32)cc1OC. The molecule has 3 rings (SSSR count). The Balaban J connectivity index is 2.10. The van der Waals surface area contributed by atoms with Crippen LogP contribution in [0, 0.1) is 0 Å². The number of rotatable bonds is 6. The minimum absolute atomic E-state index is 0.185. The molecule has 2 aromatic rings. The van der Waals surface area contributed by atoms with Crippen LogP contribution in [0.3, 0.4) is 0 Å². The maximum absolute atomic E-state index is 12.2. The number of methoxy groups -OCH3 is 2. The van der Waals surface area contributed by atoms with E-state index in [1.807, 2.05) is 12.1 Å². The van der Waals surface area contributed by atoms with Gasteiger partial charge in [-0.15, -0.1) is 0 Å². The number of hydrogen-bond donors (Lipinski definition) is 1. The van der Waals surface area contributed by atoms with Crippen molar-refractivity contribution in [3.8, 4) is 11.5 Å². The van der Waals surface area contributed by atoms with Gasteiger partial charge in [-0.05, 0) is 30.2 Å². The largest absolute Gasteiger partial charge is 0.493 e. The number of cyclic esters (lactones) is 1. The molecule has 6 heteroatoms. The Morgan fingerprint density at radius 3 is 2.48 bits per heavy atom. The third kappa shape index (κ3) is 3.15. The van der Waals surface area contributed by atoms with Crippen molar-refractivity contribution in [3.63, 3.8) is 0 Å². The molecule has 2 N–H and O–H groups in total. The molecule has 1 aliphatic rings. The van der Waals surface area contributed by atoms with Gasteiger partial charge in [0.2, 0.25) is 5.91 Å². The lowest BCUT2D eigenvalue weighted by molar-refractivity contribution is -0.118. The maximum Gasteiger partial charge on any atom is 0.339 e. The molecule has 0 aromatic heterocycles. The van der Waals surface area contributed by atoms with Crippen LogP contribution in [0.4, 0.5) is 0 Å². The summed E-state index contributed by atoms with van der Waals surface area (Å²) in [6, 6.07) is 10.8. The summed E-state index contributed by atoms with van der Waals surface area (Å²) in [7, 11) is 3.08. The van der Waals surface area contributed by atoms with E-state index in [9.17, 15) is 9.59 Å². The van der Waals surface area contributed by atoms with Crippen LogP contribution < -0.4 is 15.2 Å². The Kier molecular flexibility index (Phi) is 4.61. The maximum atomic E-state index is 12.2. The lowest BCUT2D eigenvalue weighted by atomic mass is 9.93. The number of esters is 1. The van der Waals surface area contributed by atoms with Gasteiger partial charge >= 0.3 is 5.97 Å². The third-order valence-corrected chi connectivity index (χ3v) is 4.26. The van der Waals surface area contributed by atoms with Gasteiger partial charge in [0.05, 0.1) is 19.8 Å². The molecule has 0 spiro atoms. The number of carbonyl (C=O) groups excluding carboxylic acids is 2. The molecule has 1 amide bonds. The number of nitrogens with two attached hydrogens (primary N) is 1. The highest BCUT2D eigenvalue weighted by atomic mass is 16.5. The van der Waals surface area contributed by atoms with E-state index in [4.69, 9.17) is 19.9 Å². The van der Waals surface area contributed by atoms with E-state index in [0.717, 1.165) is 16.7 Å². The smallest absolute Gasteiger partial charge is 0.339 e. The molecule has 1 aliphatic heterocycles. The van der Waals surface area contributed by atoms with Crippen LogP contribution in [0.15, 0.2) is 36.4 Å². The monoisotopic (exact) mass is 341 g/mol. The van der Waals surface area contributed by atoms with E-state index in [-0.39, 0.29) is 12.4 Å². The van der Waals surface area contributed by atoms with Crippen LogP contribution in [-0.2, 0) is 16.0 Å². The molecule has 1 unspecified atom stereocenters. The fourth-order valence-electron chi connectivity index (χ4n) is 3.03. The van der Waals surface area contributed by atoms with Crippen molar-refractivity contribution >= 4 is 11.9 Å². The van der Waals surface area contributed by atoms with Gasteiger partial charge in [0.1, 0.15) is 0 Å². The molecule has 0 fully saturated rings. The van der Waals surface area contributed by atoms with E-state index < -0.39 is 12.0 Å². The van der Waals surface area contributed by atoms with Crippen LogP contribution in [0.5, 0.6) is 11.5 Å². The zero-order valence-corrected chi connectivity index (χ0v) is 14.1. The van der Waals surface area contributed by atoms with Crippen molar-refractivity contribution in [2.75, 3.05) is 14.2 Å². The minimum atomic E-state index is -0.550. The normalized spacial score (nSPS) is 15.4. The molecule has 0 aliphatic carbocycles. The predicted molar refractivity (Wildman–Crippen MR) is 90.8 cm³/mol. The second-order valence-electron chi connectivity index (χ2n) is 5.74. The van der Waals surface area contributed by atoms with Gasteiger partial charge in [-0.3, -0.25) is 4.79 Å². The fourth-order valence-corrected chi connectivity index (χ4v) is 3.03. The Hall–Kier alpha value is -3.02. The Bertz CT molecular complexity index is 831. The zero-order chi connectivity index (χ0) is 18.0. The third-order valence-electron chi connectivity index (χ3n) is 4.26. The van der Waals surface area contributed by atoms with E-state index in [1.54, 1.807) is 38.5 Å². The van der Waals surface area contributed by atoms with Gasteiger partial charge in [0.15, 0.2) is 17.6 Å². The molecule has 25 heavy (non-hydrogen) atoms. The number of fused-ring (bicyclic) bond motifs is 1. The van der Waals surface area contributed by atoms with E-state index >= 15 is 0 Å². The number of aryl methyl sites for hydroxylation is 1. The van der Waals surface area contributed by atoms with E-state index in [0.29, 0.717) is 23.5 Å². The lowest BCUT2D eigenvalue weighted by Crippen LogP contribution is -2.13. The first-order chi connectivity index (χ1) is 12.0. The second-order valence-corrected chi connectivity index (χ2v) is 5.74. The molecule has 0 radical (unpaired) electrons. The van der Waals surface area contributed by atoms with Gasteiger partial charge < -0.3 is 19.9 Å². The average Bonchev–Trinajstić information content (AvgIpc) is 2.96. The second kappa shape index (κ2) is 6.84. The standard InChI is InChI=1S/C19H19NO5/c1-23-15-9-11(7-8-17(20)21)14(10-16(15)24-2)18-12-5-3-4-6-13(12)19(22)25-18/h3-6,9-10,18H,7-8H2,1-2H3,(H2,20,21). The summed E-state index contributed by atoms with van der Waals surface area (Å²) in [4.78, 5) is 23.4. The summed E-state index contributed by atoms with van der Waals surface area (Å²) >= 11 is 0. The summed E-state index contributed by atoms with van der Waals surface area (Å²) in [5.41, 5.74) is 8.21. The van der Waals surface area contributed by atoms with E-state index in [1.165, 1.54) is 0 Å². The topological polar surface area (TPSA) is 87.9 Å². The Labute approximate surface area is 145 Å². The molecule has 0 saturated carbocycles. The molecule has 2 aromatic carbocycles. The number of primary amides is 1. The first-order valence-corrected chi connectivity index (χ1v) is 7.88. The first-order valence-electron chi connectivity index (χ1n) is 7.88. The number of benzene rings is 2. The number of carbonyl (C=O) groups is 2. The van der Waals surface area contributed by atoms with Crippen LogP contribution in [-0.4, -0.2) is 26.1 Å². The summed E-state index contributed by atoms with van der Waals surface area (Å²) in [5, 5.41) is 0. The Morgan fingerprint density at radius 1 is 1.12 bits per heavy atom. The predicted octanol–water partition coefficient (Wildman–Crippen LogP) is 2.38. The van der Waals surface area contributed by atoms with Gasteiger partial charge in [-0.25, -0.2) is 4.79 Å². The fraction of sp³-hybridized carbons (Fsp3) is 0.263. The summed E-state index contributed by atoms with van der Waals surface area (Å²) < 4.78 is 16.3. The average molecular weight is 341 g/mol. The summed E-state index contributed by atoms with van der Waals surface area (Å²) in [6.07, 6.45) is 0.0536. The van der Waals surface area contributed by atoms with Crippen LogP contribution in [0.1, 0.15) is 39.6 Å². The summed E-state index contributed by atoms with van der Waals surface area (Å²) in [6.45, 7) is 0. The van der Waals surface area contributed by atoms with Crippen molar-refractivity contribution < 1.29 is 23.8 Å². The summed E-state index contributed by atoms with van der Waals surface area (Å²) in [5.74, 6) is 0.310. The van der Waals surface area contributed by atoms with Crippen molar-refractivity contribution in [3.05, 3.63) is 58.7 Å². The molecular formula is C19H19NO5. The van der Waals surface area contributed by atoms with Gasteiger partial charge in [0, 0.05) is 17.5 Å². The van der Waals surface area contributed by atoms with E-state index in [2.05, 4.69) is 0 Å². The van der Waals surface area contributed by atoms with Gasteiger partial charge in [-0.1, -0.05) is 18.2 Å². The van der Waals surface area contributed by atoms with Crippen LogP contribution in [0.25, 0.3) is 0 Å². The van der Waals surface area contributed by atoms with Crippen molar-refractivity contribution in [2.24, 2.45) is 5.73 Å². The van der Waals surface area contributed by atoms with Gasteiger partial charge in [0.25, 0.3) is 0 Å². The number of ether oxygens (including phenoxy) is 3. The molecule has 1 heterocycles. The zero-order valence-electron chi connectivity index (χ0n) is 14.1. The van der Waals surface area contributed by atoms with Crippen LogP contribution >= 0.6 is 0 Å². The molecule has 130 valence electrons.